The average molecular weight is 497 g/mol. The van der Waals surface area contributed by atoms with E-state index < -0.39 is 9.84 Å². The number of amides is 1. The molecule has 10 nitrogen and oxygen atoms in total. The van der Waals surface area contributed by atoms with Gasteiger partial charge in [0.05, 0.1) is 35.2 Å². The number of sulfone groups is 1. The molecule has 2 aliphatic rings. The Kier molecular flexibility index (Phi) is 6.30. The molecule has 5 rings (SSSR count). The lowest BCUT2D eigenvalue weighted by atomic mass is 10.0. The predicted octanol–water partition coefficient (Wildman–Crippen LogP) is 1.67. The summed E-state index contributed by atoms with van der Waals surface area (Å²) >= 11 is 0. The molecule has 0 bridgehead atoms. The lowest BCUT2D eigenvalue weighted by Gasteiger charge is -2.26. The topological polar surface area (TPSA) is 110 Å². The van der Waals surface area contributed by atoms with Crippen molar-refractivity contribution in [2.45, 2.75) is 10.6 Å². The molecule has 0 saturated carbocycles. The minimum atomic E-state index is -3.62. The van der Waals surface area contributed by atoms with Crippen molar-refractivity contribution in [3.63, 3.8) is 0 Å². The van der Waals surface area contributed by atoms with Gasteiger partial charge in [-0.05, 0) is 26.2 Å². The van der Waals surface area contributed by atoms with Gasteiger partial charge < -0.3 is 19.9 Å². The highest BCUT2D eigenvalue weighted by molar-refractivity contribution is 7.90. The van der Waals surface area contributed by atoms with Crippen molar-refractivity contribution in [1.82, 2.24) is 24.6 Å². The van der Waals surface area contributed by atoms with E-state index in [4.69, 9.17) is 9.84 Å². The van der Waals surface area contributed by atoms with E-state index in [-0.39, 0.29) is 22.2 Å². The molecule has 0 atom stereocenters. The van der Waals surface area contributed by atoms with Crippen molar-refractivity contribution in [2.75, 3.05) is 58.8 Å². The highest BCUT2D eigenvalue weighted by Crippen LogP contribution is 2.40. The van der Waals surface area contributed by atoms with E-state index in [1.54, 1.807) is 46.1 Å². The SMILES string of the molecule is CN(C)CCNc1cc(-n2nc(C(=O)N3CCOCC3)c3c2-c2ccccc2S(=O)(=O)C3)ccn1. The molecule has 4 heterocycles. The molecule has 2 aromatic heterocycles. The molecule has 0 unspecified atom stereocenters. The molecule has 1 aromatic carbocycles. The molecule has 1 amide bonds. The van der Waals surface area contributed by atoms with E-state index in [1.807, 2.05) is 20.2 Å². The molecule has 1 saturated heterocycles. The van der Waals surface area contributed by atoms with Crippen LogP contribution in [0.4, 0.5) is 5.82 Å². The van der Waals surface area contributed by atoms with Crippen LogP contribution in [0.2, 0.25) is 0 Å². The first-order valence-electron chi connectivity index (χ1n) is 11.5. The number of anilines is 1. The normalized spacial score (nSPS) is 16.6. The molecule has 0 spiro atoms. The summed E-state index contributed by atoms with van der Waals surface area (Å²) in [7, 11) is 0.383. The van der Waals surface area contributed by atoms with Crippen molar-refractivity contribution in [3.05, 3.63) is 53.9 Å². The number of rotatable bonds is 6. The van der Waals surface area contributed by atoms with Gasteiger partial charge in [-0.25, -0.2) is 18.1 Å². The van der Waals surface area contributed by atoms with E-state index in [0.717, 1.165) is 6.54 Å². The molecule has 0 radical (unpaired) electrons. The minimum Gasteiger partial charge on any atom is -0.378 e. The number of nitrogens with zero attached hydrogens (tertiary/aromatic N) is 5. The minimum absolute atomic E-state index is 0.166. The van der Waals surface area contributed by atoms with Crippen molar-refractivity contribution in [1.29, 1.82) is 0 Å². The zero-order valence-corrected chi connectivity index (χ0v) is 20.6. The number of pyridine rings is 1. The average Bonchev–Trinajstić information content (AvgIpc) is 3.23. The number of likely N-dealkylation sites (N-methyl/N-ethyl adjacent to an activating group) is 1. The predicted molar refractivity (Wildman–Crippen MR) is 131 cm³/mol. The van der Waals surface area contributed by atoms with Gasteiger partial charge >= 0.3 is 0 Å². The van der Waals surface area contributed by atoms with E-state index in [0.29, 0.717) is 61.2 Å². The Morgan fingerprint density at radius 1 is 1.17 bits per heavy atom. The number of fused-ring (bicyclic) bond motifs is 3. The summed E-state index contributed by atoms with van der Waals surface area (Å²) in [6.45, 7) is 3.33. The summed E-state index contributed by atoms with van der Waals surface area (Å²) in [6, 6.07) is 10.5. The summed E-state index contributed by atoms with van der Waals surface area (Å²) in [5.74, 6) is 0.117. The second-order valence-electron chi connectivity index (χ2n) is 8.88. The Hall–Kier alpha value is -3.28. The van der Waals surface area contributed by atoms with Gasteiger partial charge in [-0.15, -0.1) is 0 Å². The standard InChI is InChI=1S/C24H28N6O4S/c1-28(2)10-9-26-21-15-17(7-8-25-21)30-23-18-5-3-4-6-20(18)35(32,33)16-19(23)22(27-30)24(31)29-11-13-34-14-12-29/h3-8,15H,9-14,16H2,1-2H3,(H,25,26). The molecule has 11 heteroatoms. The van der Waals surface area contributed by atoms with Crippen LogP contribution in [0.25, 0.3) is 16.9 Å². The summed E-state index contributed by atoms with van der Waals surface area (Å²) in [5.41, 5.74) is 2.45. The van der Waals surface area contributed by atoms with Crippen molar-refractivity contribution in [3.8, 4) is 16.9 Å². The number of benzene rings is 1. The van der Waals surface area contributed by atoms with Crippen molar-refractivity contribution >= 4 is 21.6 Å². The largest absolute Gasteiger partial charge is 0.378 e. The smallest absolute Gasteiger partial charge is 0.274 e. The lowest BCUT2D eigenvalue weighted by molar-refractivity contribution is 0.0298. The lowest BCUT2D eigenvalue weighted by Crippen LogP contribution is -2.41. The van der Waals surface area contributed by atoms with Crippen LogP contribution in [0, 0.1) is 0 Å². The third-order valence-electron chi connectivity index (χ3n) is 6.15. The molecular weight excluding hydrogens is 468 g/mol. The highest BCUT2D eigenvalue weighted by atomic mass is 32.2. The third kappa shape index (κ3) is 4.54. The summed E-state index contributed by atoms with van der Waals surface area (Å²) in [4.78, 5) is 21.9. The molecular formula is C24H28N6O4S. The van der Waals surface area contributed by atoms with E-state index in [2.05, 4.69) is 15.2 Å². The number of carbonyl (C=O) groups excluding carboxylic acids is 1. The summed E-state index contributed by atoms with van der Waals surface area (Å²) < 4.78 is 33.4. The van der Waals surface area contributed by atoms with E-state index in [1.165, 1.54) is 0 Å². The maximum Gasteiger partial charge on any atom is 0.274 e. The van der Waals surface area contributed by atoms with Crippen LogP contribution < -0.4 is 5.32 Å². The number of hydrogen-bond acceptors (Lipinski definition) is 8. The Labute approximate surface area is 204 Å². The van der Waals surface area contributed by atoms with E-state index >= 15 is 0 Å². The fourth-order valence-electron chi connectivity index (χ4n) is 4.40. The molecule has 184 valence electrons. The molecule has 1 fully saturated rings. The fourth-order valence-corrected chi connectivity index (χ4v) is 5.99. The number of nitrogens with one attached hydrogen (secondary N) is 1. The Morgan fingerprint density at radius 2 is 1.94 bits per heavy atom. The molecule has 1 N–H and O–H groups in total. The van der Waals surface area contributed by atoms with Gasteiger partial charge in [0.15, 0.2) is 15.5 Å². The first kappa shape index (κ1) is 23.5. The van der Waals surface area contributed by atoms with Crippen molar-refractivity contribution in [2.24, 2.45) is 0 Å². The maximum absolute atomic E-state index is 13.5. The number of morpholine rings is 1. The van der Waals surface area contributed by atoms with Crippen LogP contribution in [0.5, 0.6) is 0 Å². The van der Waals surface area contributed by atoms with Crippen LogP contribution in [0.3, 0.4) is 0 Å². The second kappa shape index (κ2) is 9.40. The maximum atomic E-state index is 13.5. The van der Waals surface area contributed by atoms with Gasteiger partial charge in [-0.2, -0.15) is 5.10 Å². The first-order valence-corrected chi connectivity index (χ1v) is 13.2. The van der Waals surface area contributed by atoms with Gasteiger partial charge in [-0.1, -0.05) is 18.2 Å². The Bertz CT molecular complexity index is 1360. The monoisotopic (exact) mass is 496 g/mol. The van der Waals surface area contributed by atoms with Gasteiger partial charge in [0.1, 0.15) is 5.82 Å². The van der Waals surface area contributed by atoms with Crippen LogP contribution in [-0.4, -0.2) is 92.4 Å². The molecule has 35 heavy (non-hydrogen) atoms. The molecule has 2 aliphatic heterocycles. The third-order valence-corrected chi connectivity index (χ3v) is 7.84. The second-order valence-corrected chi connectivity index (χ2v) is 10.8. The van der Waals surface area contributed by atoms with Gasteiger partial charge in [0.25, 0.3) is 5.91 Å². The number of hydrogen-bond donors (Lipinski definition) is 1. The Balaban J connectivity index is 1.63. The molecule has 0 aliphatic carbocycles. The zero-order valence-electron chi connectivity index (χ0n) is 19.8. The Morgan fingerprint density at radius 3 is 2.71 bits per heavy atom. The van der Waals surface area contributed by atoms with Crippen LogP contribution in [0.15, 0.2) is 47.5 Å². The first-order chi connectivity index (χ1) is 16.8. The molecule has 3 aromatic rings. The van der Waals surface area contributed by atoms with Gasteiger partial charge in [0.2, 0.25) is 0 Å². The summed E-state index contributed by atoms with van der Waals surface area (Å²) in [5, 5.41) is 8.01. The summed E-state index contributed by atoms with van der Waals surface area (Å²) in [6.07, 6.45) is 1.68. The van der Waals surface area contributed by atoms with E-state index in [9.17, 15) is 13.2 Å². The van der Waals surface area contributed by atoms with Crippen LogP contribution in [-0.2, 0) is 20.3 Å². The zero-order chi connectivity index (χ0) is 24.6. The number of aromatic nitrogens is 3. The van der Waals surface area contributed by atoms with Gasteiger partial charge in [-0.3, -0.25) is 4.79 Å². The number of carbonyl (C=O) groups is 1. The van der Waals surface area contributed by atoms with Gasteiger partial charge in [0, 0.05) is 49.6 Å². The highest BCUT2D eigenvalue weighted by Gasteiger charge is 2.37. The van der Waals surface area contributed by atoms with Crippen LogP contribution in [0.1, 0.15) is 16.1 Å². The number of ether oxygens (including phenoxy) is 1. The quantitative estimate of drug-likeness (QED) is 0.549. The van der Waals surface area contributed by atoms with Crippen LogP contribution >= 0.6 is 0 Å². The van der Waals surface area contributed by atoms with Crippen molar-refractivity contribution < 1.29 is 17.9 Å². The fraction of sp³-hybridized carbons (Fsp3) is 0.375.